The monoisotopic (exact) mass is 315 g/mol. The average Bonchev–Trinajstić information content (AvgIpc) is 3.19. The zero-order valence-electron chi connectivity index (χ0n) is 13.3. The number of hydrogen-bond donors (Lipinski definition) is 0. The summed E-state index contributed by atoms with van der Waals surface area (Å²) in [6, 6.07) is 7.52. The van der Waals surface area contributed by atoms with E-state index >= 15 is 0 Å². The molecule has 2 aromatic heterocycles. The number of pyridine rings is 1. The predicted octanol–water partition coefficient (Wildman–Crippen LogP) is 2.13. The van der Waals surface area contributed by atoms with E-state index in [9.17, 15) is 4.79 Å². The van der Waals surface area contributed by atoms with E-state index in [2.05, 4.69) is 10.1 Å². The van der Waals surface area contributed by atoms with Crippen molar-refractivity contribution in [3.05, 3.63) is 47.6 Å². The maximum Gasteiger partial charge on any atom is 0.230 e. The molecule has 1 fully saturated rings. The molecule has 0 bridgehead atoms. The predicted molar refractivity (Wildman–Crippen MR) is 83.6 cm³/mol. The van der Waals surface area contributed by atoms with Crippen molar-refractivity contribution in [3.63, 3.8) is 0 Å². The molecule has 6 nitrogen and oxygen atoms in total. The highest BCUT2D eigenvalue weighted by molar-refractivity contribution is 5.78. The molecule has 0 spiro atoms. The Hall–Kier alpha value is -2.21. The Labute approximate surface area is 135 Å². The van der Waals surface area contributed by atoms with Crippen LogP contribution < -0.4 is 0 Å². The first-order chi connectivity index (χ1) is 11.2. The van der Waals surface area contributed by atoms with Gasteiger partial charge in [0.1, 0.15) is 5.76 Å². The van der Waals surface area contributed by atoms with Gasteiger partial charge in [0.05, 0.1) is 30.5 Å². The minimum absolute atomic E-state index is 0.00213. The van der Waals surface area contributed by atoms with E-state index in [0.29, 0.717) is 18.8 Å². The number of hydrogen-bond acceptors (Lipinski definition) is 5. The van der Waals surface area contributed by atoms with Crippen molar-refractivity contribution in [1.82, 2.24) is 15.0 Å². The second-order valence-electron chi connectivity index (χ2n) is 5.84. The highest BCUT2D eigenvalue weighted by Crippen LogP contribution is 2.16. The van der Waals surface area contributed by atoms with Gasteiger partial charge in [-0.05, 0) is 31.9 Å². The van der Waals surface area contributed by atoms with E-state index in [4.69, 9.17) is 9.26 Å². The normalized spacial score (nSPS) is 17.3. The summed E-state index contributed by atoms with van der Waals surface area (Å²) in [5.41, 5.74) is 1.65. The summed E-state index contributed by atoms with van der Waals surface area (Å²) in [6.07, 6.45) is 4.11. The number of rotatable bonds is 6. The Kier molecular flexibility index (Phi) is 5.02. The molecule has 1 saturated heterocycles. The fourth-order valence-corrected chi connectivity index (χ4v) is 2.74. The molecule has 0 N–H and O–H groups in total. The first kappa shape index (κ1) is 15.7. The summed E-state index contributed by atoms with van der Waals surface area (Å²) in [4.78, 5) is 18.8. The third-order valence-electron chi connectivity index (χ3n) is 3.88. The van der Waals surface area contributed by atoms with Crippen molar-refractivity contribution in [2.75, 3.05) is 13.2 Å². The fourth-order valence-electron chi connectivity index (χ4n) is 2.74. The van der Waals surface area contributed by atoms with E-state index in [1.807, 2.05) is 25.1 Å². The zero-order valence-corrected chi connectivity index (χ0v) is 13.3. The third kappa shape index (κ3) is 4.39. The average molecular weight is 315 g/mol. The van der Waals surface area contributed by atoms with Crippen LogP contribution in [0.25, 0.3) is 0 Å². The molecule has 0 aromatic carbocycles. The minimum Gasteiger partial charge on any atom is -0.376 e. The number of ether oxygens (including phenoxy) is 1. The molecule has 0 aliphatic carbocycles. The molecule has 0 radical (unpaired) electrons. The van der Waals surface area contributed by atoms with Gasteiger partial charge in [-0.3, -0.25) is 9.78 Å². The van der Waals surface area contributed by atoms with Crippen LogP contribution >= 0.6 is 0 Å². The molecule has 2 aromatic rings. The maximum atomic E-state index is 12.7. The van der Waals surface area contributed by atoms with Gasteiger partial charge < -0.3 is 14.2 Å². The van der Waals surface area contributed by atoms with Crippen LogP contribution in [0.2, 0.25) is 0 Å². The Morgan fingerprint density at radius 2 is 2.35 bits per heavy atom. The lowest BCUT2D eigenvalue weighted by molar-refractivity contribution is -0.133. The quantitative estimate of drug-likeness (QED) is 0.817. The smallest absolute Gasteiger partial charge is 0.230 e. The third-order valence-corrected chi connectivity index (χ3v) is 3.88. The second kappa shape index (κ2) is 7.37. The highest BCUT2D eigenvalue weighted by atomic mass is 16.5. The van der Waals surface area contributed by atoms with Gasteiger partial charge >= 0.3 is 0 Å². The van der Waals surface area contributed by atoms with Crippen LogP contribution in [0, 0.1) is 6.92 Å². The molecule has 1 unspecified atom stereocenters. The van der Waals surface area contributed by atoms with Crippen molar-refractivity contribution < 1.29 is 14.1 Å². The second-order valence-corrected chi connectivity index (χ2v) is 5.84. The summed E-state index contributed by atoms with van der Waals surface area (Å²) in [6.45, 7) is 3.68. The maximum absolute atomic E-state index is 12.7. The zero-order chi connectivity index (χ0) is 16.1. The summed E-state index contributed by atoms with van der Waals surface area (Å²) in [5.74, 6) is 0.591. The number of aromatic nitrogens is 2. The van der Waals surface area contributed by atoms with Gasteiger partial charge in [0.15, 0.2) is 0 Å². The van der Waals surface area contributed by atoms with Gasteiger partial charge in [-0.1, -0.05) is 11.2 Å². The number of carbonyl (C=O) groups is 1. The molecule has 122 valence electrons. The summed E-state index contributed by atoms with van der Waals surface area (Å²) >= 11 is 0. The van der Waals surface area contributed by atoms with Crippen molar-refractivity contribution in [2.45, 2.75) is 38.8 Å². The SMILES string of the molecule is Cc1cc(CC(=O)N(Cc2ccccn2)CC2CCCO2)on1. The molecular formula is C17H21N3O3. The van der Waals surface area contributed by atoms with Gasteiger partial charge in [-0.25, -0.2) is 0 Å². The number of carbonyl (C=O) groups excluding carboxylic acids is 1. The number of amides is 1. The van der Waals surface area contributed by atoms with Crippen LogP contribution in [0.1, 0.15) is 30.0 Å². The van der Waals surface area contributed by atoms with Crippen LogP contribution in [-0.2, 0) is 22.5 Å². The van der Waals surface area contributed by atoms with Crippen LogP contribution in [0.15, 0.2) is 35.0 Å². The fraction of sp³-hybridized carbons (Fsp3) is 0.471. The summed E-state index contributed by atoms with van der Waals surface area (Å²) < 4.78 is 10.8. The van der Waals surface area contributed by atoms with E-state index in [1.54, 1.807) is 17.2 Å². The summed E-state index contributed by atoms with van der Waals surface area (Å²) in [5, 5.41) is 3.83. The highest BCUT2D eigenvalue weighted by Gasteiger charge is 2.24. The Morgan fingerprint density at radius 1 is 1.43 bits per heavy atom. The van der Waals surface area contributed by atoms with Crippen molar-refractivity contribution in [3.8, 4) is 0 Å². The molecule has 3 heterocycles. The molecule has 1 aliphatic rings. The van der Waals surface area contributed by atoms with E-state index in [-0.39, 0.29) is 18.4 Å². The van der Waals surface area contributed by atoms with Crippen LogP contribution in [-0.4, -0.2) is 40.2 Å². The van der Waals surface area contributed by atoms with Crippen LogP contribution in [0.3, 0.4) is 0 Å². The van der Waals surface area contributed by atoms with Gasteiger partial charge in [-0.2, -0.15) is 0 Å². The lowest BCUT2D eigenvalue weighted by atomic mass is 10.2. The van der Waals surface area contributed by atoms with Crippen molar-refractivity contribution in [2.24, 2.45) is 0 Å². The Balaban J connectivity index is 1.68. The van der Waals surface area contributed by atoms with Gasteiger partial charge in [0.2, 0.25) is 5.91 Å². The molecule has 1 amide bonds. The van der Waals surface area contributed by atoms with Gasteiger partial charge in [-0.15, -0.1) is 0 Å². The van der Waals surface area contributed by atoms with E-state index < -0.39 is 0 Å². The topological polar surface area (TPSA) is 68.5 Å². The first-order valence-corrected chi connectivity index (χ1v) is 7.92. The molecule has 23 heavy (non-hydrogen) atoms. The molecule has 0 saturated carbocycles. The van der Waals surface area contributed by atoms with E-state index in [1.165, 1.54) is 0 Å². The first-order valence-electron chi connectivity index (χ1n) is 7.92. The lowest BCUT2D eigenvalue weighted by Crippen LogP contribution is -2.38. The van der Waals surface area contributed by atoms with Gasteiger partial charge in [0.25, 0.3) is 0 Å². The number of aryl methyl sites for hydroxylation is 1. The Morgan fingerprint density at radius 3 is 3.00 bits per heavy atom. The minimum atomic E-state index is 0.00213. The molecular weight excluding hydrogens is 294 g/mol. The lowest BCUT2D eigenvalue weighted by Gasteiger charge is -2.25. The van der Waals surface area contributed by atoms with Crippen LogP contribution in [0.4, 0.5) is 0 Å². The number of nitrogens with zero attached hydrogens (tertiary/aromatic N) is 3. The molecule has 6 heteroatoms. The van der Waals surface area contributed by atoms with E-state index in [0.717, 1.165) is 30.8 Å². The van der Waals surface area contributed by atoms with Gasteiger partial charge in [0, 0.05) is 25.4 Å². The standard InChI is InChI=1S/C17H21N3O3/c1-13-9-16(23-19-13)10-17(21)20(12-15-6-4-8-22-15)11-14-5-2-3-7-18-14/h2-3,5,7,9,15H,4,6,8,10-12H2,1H3. The Bertz CT molecular complexity index is 636. The van der Waals surface area contributed by atoms with Crippen LogP contribution in [0.5, 0.6) is 0 Å². The summed E-state index contributed by atoms with van der Waals surface area (Å²) in [7, 11) is 0. The largest absolute Gasteiger partial charge is 0.376 e. The molecule has 3 rings (SSSR count). The molecule has 1 aliphatic heterocycles. The van der Waals surface area contributed by atoms with Crippen molar-refractivity contribution >= 4 is 5.91 Å². The molecule has 1 atom stereocenters. The van der Waals surface area contributed by atoms with Crippen molar-refractivity contribution in [1.29, 1.82) is 0 Å².